The van der Waals surface area contributed by atoms with E-state index < -0.39 is 0 Å². The number of nitrogens with zero attached hydrogens (tertiary/aromatic N) is 4. The van der Waals surface area contributed by atoms with Crippen LogP contribution in [-0.2, 0) is 11.3 Å². The van der Waals surface area contributed by atoms with Crippen LogP contribution in [0.15, 0.2) is 58.3 Å². The summed E-state index contributed by atoms with van der Waals surface area (Å²) in [6.45, 7) is 4.51. The largest absolute Gasteiger partial charge is 0.467 e. The van der Waals surface area contributed by atoms with Gasteiger partial charge in [-0.1, -0.05) is 42.1 Å². The van der Waals surface area contributed by atoms with Crippen molar-refractivity contribution in [3.8, 4) is 0 Å². The fourth-order valence-electron chi connectivity index (χ4n) is 3.47. The monoisotopic (exact) mass is 411 g/mol. The normalized spacial score (nSPS) is 14.9. The molecule has 0 radical (unpaired) electrons. The second-order valence-corrected chi connectivity index (χ2v) is 8.07. The fourth-order valence-corrected chi connectivity index (χ4v) is 4.22. The van der Waals surface area contributed by atoms with Crippen molar-refractivity contribution < 1.29 is 9.21 Å². The number of rotatable bonds is 8. The SMILES string of the molecule is CC(NC(=O)CSc1nnc(N2CCCC2)n1Cc1ccco1)c1ccccc1. The summed E-state index contributed by atoms with van der Waals surface area (Å²) in [4.78, 5) is 14.7. The highest BCUT2D eigenvalue weighted by atomic mass is 32.2. The molecule has 1 aliphatic heterocycles. The molecule has 2 aromatic heterocycles. The van der Waals surface area contributed by atoms with E-state index in [2.05, 4.69) is 20.4 Å². The molecule has 1 aromatic carbocycles. The fraction of sp³-hybridized carbons (Fsp3) is 0.381. The van der Waals surface area contributed by atoms with Crippen LogP contribution in [-0.4, -0.2) is 39.5 Å². The predicted octanol–water partition coefficient (Wildman–Crippen LogP) is 3.49. The van der Waals surface area contributed by atoms with E-state index in [1.165, 1.54) is 11.8 Å². The van der Waals surface area contributed by atoms with Gasteiger partial charge in [-0.3, -0.25) is 9.36 Å². The van der Waals surface area contributed by atoms with E-state index in [-0.39, 0.29) is 17.7 Å². The van der Waals surface area contributed by atoms with Gasteiger partial charge in [0.1, 0.15) is 5.76 Å². The van der Waals surface area contributed by atoms with Crippen molar-refractivity contribution >= 4 is 23.6 Å². The molecule has 1 saturated heterocycles. The lowest BCUT2D eigenvalue weighted by atomic mass is 10.1. The molecule has 1 N–H and O–H groups in total. The van der Waals surface area contributed by atoms with Crippen LogP contribution in [0.1, 0.15) is 37.1 Å². The van der Waals surface area contributed by atoms with Gasteiger partial charge in [-0.25, -0.2) is 0 Å². The van der Waals surface area contributed by atoms with Crippen LogP contribution >= 0.6 is 11.8 Å². The highest BCUT2D eigenvalue weighted by Gasteiger charge is 2.22. The van der Waals surface area contributed by atoms with Gasteiger partial charge in [0.05, 0.1) is 24.6 Å². The number of carbonyl (C=O) groups excluding carboxylic acids is 1. The third-order valence-electron chi connectivity index (χ3n) is 4.99. The van der Waals surface area contributed by atoms with Gasteiger partial charge in [-0.15, -0.1) is 10.2 Å². The molecular weight excluding hydrogens is 386 g/mol. The summed E-state index contributed by atoms with van der Waals surface area (Å²) in [7, 11) is 0. The maximum atomic E-state index is 12.5. The summed E-state index contributed by atoms with van der Waals surface area (Å²) >= 11 is 1.40. The lowest BCUT2D eigenvalue weighted by Crippen LogP contribution is -2.28. The zero-order chi connectivity index (χ0) is 20.1. The van der Waals surface area contributed by atoms with Gasteiger partial charge in [0, 0.05) is 13.1 Å². The second kappa shape index (κ2) is 9.17. The number of carbonyl (C=O) groups is 1. The molecule has 8 heteroatoms. The molecule has 0 aliphatic carbocycles. The number of furan rings is 1. The van der Waals surface area contributed by atoms with Crippen molar-refractivity contribution in [2.24, 2.45) is 0 Å². The van der Waals surface area contributed by atoms with Crippen molar-refractivity contribution in [3.63, 3.8) is 0 Å². The predicted molar refractivity (Wildman–Crippen MR) is 113 cm³/mol. The summed E-state index contributed by atoms with van der Waals surface area (Å²) in [6, 6.07) is 13.7. The van der Waals surface area contributed by atoms with Gasteiger partial charge in [0.15, 0.2) is 5.16 Å². The summed E-state index contributed by atoms with van der Waals surface area (Å²) < 4.78 is 7.57. The Bertz CT molecular complexity index is 920. The molecule has 0 bridgehead atoms. The molecule has 1 unspecified atom stereocenters. The summed E-state index contributed by atoms with van der Waals surface area (Å²) in [5.41, 5.74) is 1.09. The van der Waals surface area contributed by atoms with E-state index in [4.69, 9.17) is 4.42 Å². The van der Waals surface area contributed by atoms with Gasteiger partial charge in [0.2, 0.25) is 11.9 Å². The first-order chi connectivity index (χ1) is 14.2. The molecule has 3 aromatic rings. The third kappa shape index (κ3) is 4.82. The molecule has 29 heavy (non-hydrogen) atoms. The van der Waals surface area contributed by atoms with Crippen molar-refractivity contribution in [1.29, 1.82) is 0 Å². The Hall–Kier alpha value is -2.74. The topological polar surface area (TPSA) is 76.2 Å². The van der Waals surface area contributed by atoms with Crippen LogP contribution in [0.5, 0.6) is 0 Å². The minimum absolute atomic E-state index is 0.0263. The van der Waals surface area contributed by atoms with E-state index in [0.717, 1.165) is 48.4 Å². The number of thioether (sulfide) groups is 1. The van der Waals surface area contributed by atoms with Crippen LogP contribution in [0.2, 0.25) is 0 Å². The highest BCUT2D eigenvalue weighted by Crippen LogP contribution is 2.26. The van der Waals surface area contributed by atoms with Crippen molar-refractivity contribution in [2.45, 2.75) is 37.5 Å². The molecule has 1 atom stereocenters. The average molecular weight is 412 g/mol. The second-order valence-electron chi connectivity index (χ2n) is 7.13. The van der Waals surface area contributed by atoms with Crippen LogP contribution < -0.4 is 10.2 Å². The Morgan fingerprint density at radius 3 is 2.69 bits per heavy atom. The number of amides is 1. The number of anilines is 1. The molecule has 4 rings (SSSR count). The molecule has 0 saturated carbocycles. The molecular formula is C21H25N5O2S. The Balaban J connectivity index is 1.43. The maximum Gasteiger partial charge on any atom is 0.230 e. The van der Waals surface area contributed by atoms with E-state index in [0.29, 0.717) is 6.54 Å². The molecule has 1 aliphatic rings. The van der Waals surface area contributed by atoms with Crippen LogP contribution in [0.4, 0.5) is 5.95 Å². The average Bonchev–Trinajstić information content (AvgIpc) is 3.50. The van der Waals surface area contributed by atoms with Crippen molar-refractivity contribution in [1.82, 2.24) is 20.1 Å². The maximum absolute atomic E-state index is 12.5. The highest BCUT2D eigenvalue weighted by molar-refractivity contribution is 7.99. The molecule has 3 heterocycles. The van der Waals surface area contributed by atoms with Crippen molar-refractivity contribution in [2.75, 3.05) is 23.7 Å². The standard InChI is InChI=1S/C21H25N5O2S/c1-16(17-8-3-2-4-9-17)22-19(27)15-29-21-24-23-20(25-11-5-6-12-25)26(21)14-18-10-7-13-28-18/h2-4,7-10,13,16H,5-6,11-12,14-15H2,1H3,(H,22,27). The molecule has 7 nitrogen and oxygen atoms in total. The van der Waals surface area contributed by atoms with E-state index in [1.54, 1.807) is 6.26 Å². The summed E-state index contributed by atoms with van der Waals surface area (Å²) in [6.07, 6.45) is 3.99. The van der Waals surface area contributed by atoms with Gasteiger partial charge in [-0.05, 0) is 37.5 Å². The van der Waals surface area contributed by atoms with Crippen molar-refractivity contribution in [3.05, 3.63) is 60.1 Å². The van der Waals surface area contributed by atoms with Crippen LogP contribution in [0.3, 0.4) is 0 Å². The van der Waals surface area contributed by atoms with E-state index in [1.807, 2.05) is 54.0 Å². The zero-order valence-corrected chi connectivity index (χ0v) is 17.3. The lowest BCUT2D eigenvalue weighted by molar-refractivity contribution is -0.119. The van der Waals surface area contributed by atoms with Crippen LogP contribution in [0.25, 0.3) is 0 Å². The van der Waals surface area contributed by atoms with Crippen LogP contribution in [0, 0.1) is 0 Å². The van der Waals surface area contributed by atoms with E-state index in [9.17, 15) is 4.79 Å². The Kier molecular flexibility index (Phi) is 6.19. The first-order valence-corrected chi connectivity index (χ1v) is 10.9. The minimum Gasteiger partial charge on any atom is -0.467 e. The number of aromatic nitrogens is 3. The molecule has 152 valence electrons. The Labute approximate surface area is 174 Å². The zero-order valence-electron chi connectivity index (χ0n) is 16.5. The quantitative estimate of drug-likeness (QED) is 0.572. The smallest absolute Gasteiger partial charge is 0.230 e. The summed E-state index contributed by atoms with van der Waals surface area (Å²) in [5, 5.41) is 12.5. The molecule has 1 fully saturated rings. The Morgan fingerprint density at radius 2 is 1.97 bits per heavy atom. The minimum atomic E-state index is -0.0366. The molecule has 1 amide bonds. The number of nitrogens with one attached hydrogen (secondary N) is 1. The number of hydrogen-bond acceptors (Lipinski definition) is 6. The molecule has 0 spiro atoms. The van der Waals surface area contributed by atoms with E-state index >= 15 is 0 Å². The van der Waals surface area contributed by atoms with Gasteiger partial charge in [0.25, 0.3) is 0 Å². The number of benzene rings is 1. The summed E-state index contributed by atoms with van der Waals surface area (Å²) in [5.74, 6) is 1.95. The van der Waals surface area contributed by atoms with Gasteiger partial charge < -0.3 is 14.6 Å². The number of hydrogen-bond donors (Lipinski definition) is 1. The first-order valence-electron chi connectivity index (χ1n) is 9.88. The van der Waals surface area contributed by atoms with Gasteiger partial charge in [-0.2, -0.15) is 0 Å². The first kappa shape index (κ1) is 19.6. The third-order valence-corrected chi connectivity index (χ3v) is 5.96. The Morgan fingerprint density at radius 1 is 1.17 bits per heavy atom. The lowest BCUT2D eigenvalue weighted by Gasteiger charge is -2.18. The van der Waals surface area contributed by atoms with Gasteiger partial charge >= 0.3 is 0 Å².